The highest BCUT2D eigenvalue weighted by atomic mass is 16.4. The molecule has 7 N–H and O–H groups in total. The van der Waals surface area contributed by atoms with E-state index < -0.39 is 60.5 Å². The summed E-state index contributed by atoms with van der Waals surface area (Å²) in [6, 6.07) is 3.95. The summed E-state index contributed by atoms with van der Waals surface area (Å²) < 4.78 is 0. The van der Waals surface area contributed by atoms with Crippen LogP contribution < -0.4 is 5.32 Å². The molecule has 0 spiro atoms. The fraction of sp³-hybridized carbons (Fsp3) is 0.342. The Morgan fingerprint density at radius 1 is 0.904 bits per heavy atom. The monoisotopic (exact) mass is 711 g/mol. The molecule has 14 heteroatoms. The van der Waals surface area contributed by atoms with Crippen molar-refractivity contribution in [2.24, 2.45) is 0 Å². The summed E-state index contributed by atoms with van der Waals surface area (Å²) in [5.41, 5.74) is 8.17. The molecule has 3 atom stereocenters. The summed E-state index contributed by atoms with van der Waals surface area (Å²) in [6.45, 7) is 13.5. The first-order chi connectivity index (χ1) is 24.6. The highest BCUT2D eigenvalue weighted by Gasteiger charge is 2.36. The van der Waals surface area contributed by atoms with E-state index in [1.165, 1.54) is 0 Å². The Labute approximate surface area is 298 Å². The summed E-state index contributed by atoms with van der Waals surface area (Å²) in [5.74, 6) is -7.21. The summed E-state index contributed by atoms with van der Waals surface area (Å²) in [5, 5.41) is 41.4. The van der Waals surface area contributed by atoms with E-state index >= 15 is 0 Å². The molecule has 3 aromatic rings. The van der Waals surface area contributed by atoms with Gasteiger partial charge >= 0.3 is 23.9 Å². The molecule has 1 amide bonds. The predicted octanol–water partition coefficient (Wildman–Crippen LogP) is 5.49. The Balaban J connectivity index is 1.84. The van der Waals surface area contributed by atoms with E-state index in [0.717, 1.165) is 44.3 Å². The number of nitrogens with one attached hydrogen (secondary N) is 3. The van der Waals surface area contributed by atoms with Gasteiger partial charge in [-0.25, -0.2) is 14.6 Å². The number of rotatable bonds is 12. The van der Waals surface area contributed by atoms with Gasteiger partial charge in [0.05, 0.1) is 35.5 Å². The normalized spacial score (nSPS) is 16.0. The smallest absolute Gasteiger partial charge is 0.338 e. The quantitative estimate of drug-likeness (QED) is 0.124. The molecule has 272 valence electrons. The third-order valence-corrected chi connectivity index (χ3v) is 9.97. The Bertz CT molecular complexity index is 2240. The van der Waals surface area contributed by atoms with Gasteiger partial charge in [0, 0.05) is 57.1 Å². The first-order valence-electron chi connectivity index (χ1n) is 16.8. The number of amides is 1. The van der Waals surface area contributed by atoms with E-state index in [2.05, 4.69) is 21.9 Å². The van der Waals surface area contributed by atoms with Crippen molar-refractivity contribution in [3.8, 4) is 0 Å². The topological polar surface area (TPSA) is 236 Å². The number of carbonyl (C=O) groups is 5. The summed E-state index contributed by atoms with van der Waals surface area (Å²) in [6.07, 6.45) is 0.787. The van der Waals surface area contributed by atoms with Gasteiger partial charge in [-0.3, -0.25) is 19.4 Å². The third kappa shape index (κ3) is 7.09. The fourth-order valence-electron chi connectivity index (χ4n) is 7.17. The minimum absolute atomic E-state index is 0.0415. The van der Waals surface area contributed by atoms with Gasteiger partial charge in [-0.2, -0.15) is 0 Å². The van der Waals surface area contributed by atoms with E-state index in [9.17, 15) is 39.3 Å². The van der Waals surface area contributed by atoms with Gasteiger partial charge in [-0.1, -0.05) is 26.5 Å². The number of fused-ring (bicyclic) bond motifs is 8. The van der Waals surface area contributed by atoms with E-state index in [1.807, 2.05) is 39.8 Å². The molecule has 5 heterocycles. The second kappa shape index (κ2) is 14.7. The van der Waals surface area contributed by atoms with Gasteiger partial charge in [0.25, 0.3) is 0 Å². The van der Waals surface area contributed by atoms with Gasteiger partial charge < -0.3 is 35.7 Å². The molecule has 5 rings (SSSR count). The van der Waals surface area contributed by atoms with Crippen molar-refractivity contribution in [1.29, 1.82) is 0 Å². The molecule has 14 nitrogen and oxygen atoms in total. The first-order valence-corrected chi connectivity index (χ1v) is 16.8. The first kappa shape index (κ1) is 37.2. The molecule has 2 aliphatic heterocycles. The van der Waals surface area contributed by atoms with Crippen LogP contribution in [0.1, 0.15) is 102 Å². The highest BCUT2D eigenvalue weighted by molar-refractivity contribution is 6.24. The van der Waals surface area contributed by atoms with Crippen LogP contribution in [0.3, 0.4) is 0 Å². The second-order valence-corrected chi connectivity index (χ2v) is 13.1. The number of hydrogen-bond acceptors (Lipinski definition) is 7. The lowest BCUT2D eigenvalue weighted by Crippen LogP contribution is -2.42. The zero-order chi connectivity index (χ0) is 38.2. The van der Waals surface area contributed by atoms with Crippen molar-refractivity contribution in [3.63, 3.8) is 0 Å². The van der Waals surface area contributed by atoms with Crippen molar-refractivity contribution < 1.29 is 44.4 Å². The van der Waals surface area contributed by atoms with Crippen molar-refractivity contribution in [1.82, 2.24) is 25.3 Å². The van der Waals surface area contributed by atoms with E-state index in [0.29, 0.717) is 23.4 Å². The standard InChI is InChI=1S/C38H41N5O9/c1-7-20-16(3)24-12-26-18(5)22(9-10-31(44)41-30(37(49)50)15-33(47)48)35(42-26)23(11-32(45)46)36-34(38(51)52)19(6)27(43-36)14-29-21(8-2)17(4)25(40-29)13-28(20)39-24/h7,12-14,18,22,30,39-40H,1,8-11,15H2,2-6H3,(H,41,44)(H,45,46)(H,47,48)(H,49,50)(H,51,52)/t18-,22-,30?/m0/s1. The lowest BCUT2D eigenvalue weighted by atomic mass is 9.84. The zero-order valence-corrected chi connectivity index (χ0v) is 29.5. The van der Waals surface area contributed by atoms with Gasteiger partial charge in [0.15, 0.2) is 0 Å². The van der Waals surface area contributed by atoms with Crippen LogP contribution in [0.25, 0.3) is 39.3 Å². The maximum atomic E-state index is 13.0. The average molecular weight is 712 g/mol. The Kier molecular flexibility index (Phi) is 10.5. The fourth-order valence-corrected chi connectivity index (χ4v) is 7.17. The Hall–Kier alpha value is -6.05. The van der Waals surface area contributed by atoms with Crippen LogP contribution in [0.4, 0.5) is 0 Å². The second-order valence-electron chi connectivity index (χ2n) is 13.1. The number of aliphatic carboxylic acids is 4. The number of H-pyrrole nitrogens is 2. The number of carboxylic acid groups (broad SMARTS) is 4. The van der Waals surface area contributed by atoms with Crippen molar-refractivity contribution >= 4 is 69.1 Å². The van der Waals surface area contributed by atoms with E-state index in [1.54, 1.807) is 19.1 Å². The van der Waals surface area contributed by atoms with Gasteiger partial charge in [0.1, 0.15) is 6.04 Å². The van der Waals surface area contributed by atoms with Crippen LogP contribution in [0.15, 0.2) is 24.8 Å². The van der Waals surface area contributed by atoms with E-state index in [-0.39, 0.29) is 35.4 Å². The van der Waals surface area contributed by atoms with E-state index in [4.69, 9.17) is 15.1 Å². The van der Waals surface area contributed by atoms with Crippen LogP contribution in [0.5, 0.6) is 0 Å². The molecule has 2 aliphatic rings. The SMILES string of the molecule is C=Cc1c(C)c2cc3nc(c(CC(=O)O)c4nc(cc5[nH]c(cc1[nH]2)c(C)c5CC)C(C)=C4C(=O)O)[C@@H](CCC(=O)NC(CC(=O)O)C(=O)O)[C@@H]3C. The summed E-state index contributed by atoms with van der Waals surface area (Å²) in [4.78, 5) is 77.8. The highest BCUT2D eigenvalue weighted by Crippen LogP contribution is 2.43. The predicted molar refractivity (Wildman–Crippen MR) is 194 cm³/mol. The maximum absolute atomic E-state index is 13.0. The molecule has 3 aromatic heterocycles. The minimum atomic E-state index is -1.65. The van der Waals surface area contributed by atoms with Crippen molar-refractivity contribution in [3.05, 3.63) is 75.4 Å². The molecule has 0 aliphatic carbocycles. The van der Waals surface area contributed by atoms with Crippen molar-refractivity contribution in [2.75, 3.05) is 0 Å². The number of aromatic amines is 2. The molecule has 0 saturated carbocycles. The molecule has 0 saturated heterocycles. The number of allylic oxidation sites excluding steroid dienone is 1. The van der Waals surface area contributed by atoms with Crippen molar-refractivity contribution in [2.45, 2.75) is 84.6 Å². The molecule has 1 unspecified atom stereocenters. The zero-order valence-electron chi connectivity index (χ0n) is 29.5. The number of aryl methyl sites for hydroxylation is 3. The number of carbonyl (C=O) groups excluding carboxylic acids is 1. The largest absolute Gasteiger partial charge is 0.481 e. The lowest BCUT2D eigenvalue weighted by molar-refractivity contribution is -0.147. The average Bonchev–Trinajstić information content (AvgIpc) is 3.74. The molecule has 52 heavy (non-hydrogen) atoms. The number of hydrogen-bond donors (Lipinski definition) is 7. The number of carboxylic acids is 4. The maximum Gasteiger partial charge on any atom is 0.338 e. The Morgan fingerprint density at radius 3 is 2.17 bits per heavy atom. The minimum Gasteiger partial charge on any atom is -0.481 e. The summed E-state index contributed by atoms with van der Waals surface area (Å²) >= 11 is 0. The number of aromatic nitrogens is 4. The molecule has 0 radical (unpaired) electrons. The number of nitrogens with zero attached hydrogens (tertiary/aromatic N) is 2. The van der Waals surface area contributed by atoms with Gasteiger partial charge in [-0.05, 0) is 74.1 Å². The molecule has 8 bridgehead atoms. The van der Waals surface area contributed by atoms with Gasteiger partial charge in [-0.15, -0.1) is 0 Å². The Morgan fingerprint density at radius 2 is 1.58 bits per heavy atom. The van der Waals surface area contributed by atoms with Crippen LogP contribution in [-0.2, 0) is 36.8 Å². The van der Waals surface area contributed by atoms with Gasteiger partial charge in [0.2, 0.25) is 5.91 Å². The molecular weight excluding hydrogens is 670 g/mol. The lowest BCUT2D eigenvalue weighted by Gasteiger charge is -2.19. The molecular formula is C38H41N5O9. The molecule has 0 aromatic carbocycles. The third-order valence-electron chi connectivity index (χ3n) is 9.97. The van der Waals surface area contributed by atoms with Crippen LogP contribution >= 0.6 is 0 Å². The van der Waals surface area contributed by atoms with Crippen LogP contribution in [0, 0.1) is 13.8 Å². The van der Waals surface area contributed by atoms with Crippen LogP contribution in [0.2, 0.25) is 0 Å². The summed E-state index contributed by atoms with van der Waals surface area (Å²) in [7, 11) is 0. The molecule has 0 fully saturated rings. The van der Waals surface area contributed by atoms with Crippen LogP contribution in [-0.4, -0.2) is 76.2 Å².